The minimum Gasteiger partial charge on any atom is -0.316 e. The zero-order valence-electron chi connectivity index (χ0n) is 14.8. The topological polar surface area (TPSA) is 59.0 Å². The molecule has 0 bridgehead atoms. The van der Waals surface area contributed by atoms with Crippen LogP contribution in [-0.4, -0.2) is 28.8 Å². The van der Waals surface area contributed by atoms with Gasteiger partial charge in [-0.2, -0.15) is 5.10 Å². The highest BCUT2D eigenvalue weighted by molar-refractivity contribution is 5.92. The van der Waals surface area contributed by atoms with Crippen molar-refractivity contribution in [2.45, 2.75) is 45.1 Å². The predicted octanol–water partition coefficient (Wildman–Crippen LogP) is 3.06. The second-order valence-electron chi connectivity index (χ2n) is 7.26. The fourth-order valence-corrected chi connectivity index (χ4v) is 4.12. The van der Waals surface area contributed by atoms with Crippen LogP contribution in [0.4, 0.5) is 5.82 Å². The van der Waals surface area contributed by atoms with E-state index in [1.165, 1.54) is 11.1 Å². The first-order valence-corrected chi connectivity index (χ1v) is 9.37. The van der Waals surface area contributed by atoms with Gasteiger partial charge in [-0.15, -0.1) is 0 Å². The van der Waals surface area contributed by atoms with E-state index >= 15 is 0 Å². The van der Waals surface area contributed by atoms with Gasteiger partial charge < -0.3 is 10.6 Å². The molecule has 5 heteroatoms. The second-order valence-corrected chi connectivity index (χ2v) is 7.26. The summed E-state index contributed by atoms with van der Waals surface area (Å²) in [4.78, 5) is 12.7. The average Bonchev–Trinajstić information content (AvgIpc) is 3.02. The normalized spacial score (nSPS) is 23.1. The number of hydrogen-bond acceptors (Lipinski definition) is 3. The number of carbonyl (C=O) groups is 1. The van der Waals surface area contributed by atoms with Gasteiger partial charge in [-0.25, -0.2) is 4.68 Å². The number of aryl methyl sites for hydroxylation is 2. The van der Waals surface area contributed by atoms with Gasteiger partial charge in [0.2, 0.25) is 5.91 Å². The summed E-state index contributed by atoms with van der Waals surface area (Å²) in [6.07, 6.45) is 7.23. The van der Waals surface area contributed by atoms with Crippen molar-refractivity contribution in [3.8, 4) is 0 Å². The SMILES string of the molecule is Cc1cnn([C@H]2CCCc3ccccc32)c1NC(=O)[C@H]1CCCNC1. The molecule has 2 aromatic rings. The van der Waals surface area contributed by atoms with E-state index in [0.717, 1.165) is 56.6 Å². The first-order chi connectivity index (χ1) is 12.2. The quantitative estimate of drug-likeness (QED) is 0.904. The summed E-state index contributed by atoms with van der Waals surface area (Å²) < 4.78 is 2.03. The molecule has 1 aromatic carbocycles. The second kappa shape index (κ2) is 7.00. The highest BCUT2D eigenvalue weighted by Gasteiger charge is 2.27. The highest BCUT2D eigenvalue weighted by Crippen LogP contribution is 2.35. The zero-order chi connectivity index (χ0) is 17.2. The Labute approximate surface area is 148 Å². The summed E-state index contributed by atoms with van der Waals surface area (Å²) in [6.45, 7) is 3.80. The first kappa shape index (κ1) is 16.3. The standard InChI is InChI=1S/C20H26N4O/c1-14-12-22-24(18-10-4-7-15-6-2-3-9-17(15)18)19(14)23-20(25)16-8-5-11-21-13-16/h2-3,6,9,12,16,18,21H,4-5,7-8,10-11,13H2,1H3,(H,23,25)/t16-,18-/m0/s1. The van der Waals surface area contributed by atoms with Crippen LogP contribution in [0.1, 0.15) is 48.4 Å². The van der Waals surface area contributed by atoms with Crippen LogP contribution in [-0.2, 0) is 11.2 Å². The van der Waals surface area contributed by atoms with Gasteiger partial charge in [-0.1, -0.05) is 24.3 Å². The van der Waals surface area contributed by atoms with Crippen LogP contribution < -0.4 is 10.6 Å². The lowest BCUT2D eigenvalue weighted by Crippen LogP contribution is -2.37. The van der Waals surface area contributed by atoms with Gasteiger partial charge in [0.1, 0.15) is 5.82 Å². The molecule has 0 saturated carbocycles. The van der Waals surface area contributed by atoms with Gasteiger partial charge in [0.15, 0.2) is 0 Å². The molecule has 2 heterocycles. The molecule has 1 fully saturated rings. The summed E-state index contributed by atoms with van der Waals surface area (Å²) >= 11 is 0. The van der Waals surface area contributed by atoms with E-state index in [0.29, 0.717) is 0 Å². The van der Waals surface area contributed by atoms with Crippen LogP contribution in [0.5, 0.6) is 0 Å². The molecule has 1 aliphatic carbocycles. The van der Waals surface area contributed by atoms with Crippen molar-refractivity contribution in [3.05, 3.63) is 47.2 Å². The van der Waals surface area contributed by atoms with Crippen molar-refractivity contribution in [1.82, 2.24) is 15.1 Å². The first-order valence-electron chi connectivity index (χ1n) is 9.37. The maximum absolute atomic E-state index is 12.7. The number of aromatic nitrogens is 2. The number of amides is 1. The third-order valence-electron chi connectivity index (χ3n) is 5.52. The largest absolute Gasteiger partial charge is 0.316 e. The monoisotopic (exact) mass is 338 g/mol. The van der Waals surface area contributed by atoms with E-state index in [-0.39, 0.29) is 17.9 Å². The Balaban J connectivity index is 1.61. The molecule has 1 saturated heterocycles. The van der Waals surface area contributed by atoms with Gasteiger partial charge in [0.05, 0.1) is 18.2 Å². The lowest BCUT2D eigenvalue weighted by molar-refractivity contribution is -0.120. The molecule has 2 atom stereocenters. The molecule has 5 nitrogen and oxygen atoms in total. The number of anilines is 1. The Morgan fingerprint density at radius 1 is 1.28 bits per heavy atom. The van der Waals surface area contributed by atoms with Crippen LogP contribution in [0.15, 0.2) is 30.5 Å². The average molecular weight is 338 g/mol. The Hall–Kier alpha value is -2.14. The van der Waals surface area contributed by atoms with E-state index in [2.05, 4.69) is 40.0 Å². The molecule has 132 valence electrons. The molecule has 4 rings (SSSR count). The lowest BCUT2D eigenvalue weighted by atomic mass is 9.88. The smallest absolute Gasteiger partial charge is 0.229 e. The van der Waals surface area contributed by atoms with Gasteiger partial charge in [-0.05, 0) is 56.7 Å². The van der Waals surface area contributed by atoms with Gasteiger partial charge >= 0.3 is 0 Å². The van der Waals surface area contributed by atoms with Gasteiger partial charge in [0.25, 0.3) is 0 Å². The molecule has 0 spiro atoms. The van der Waals surface area contributed by atoms with Gasteiger partial charge in [-0.3, -0.25) is 4.79 Å². The Morgan fingerprint density at radius 3 is 3.00 bits per heavy atom. The maximum atomic E-state index is 12.7. The molecule has 0 radical (unpaired) electrons. The Bertz CT molecular complexity index is 761. The van der Waals surface area contributed by atoms with E-state index in [9.17, 15) is 4.79 Å². The van der Waals surface area contributed by atoms with Crippen LogP contribution >= 0.6 is 0 Å². The van der Waals surface area contributed by atoms with E-state index < -0.39 is 0 Å². The number of nitrogens with one attached hydrogen (secondary N) is 2. The van der Waals surface area contributed by atoms with Crippen LogP contribution in [0.25, 0.3) is 0 Å². The third kappa shape index (κ3) is 3.21. The summed E-state index contributed by atoms with van der Waals surface area (Å²) in [5, 5.41) is 11.1. The van der Waals surface area contributed by atoms with Crippen molar-refractivity contribution in [1.29, 1.82) is 0 Å². The number of piperidine rings is 1. The summed E-state index contributed by atoms with van der Waals surface area (Å²) in [5.41, 5.74) is 3.77. The van der Waals surface area contributed by atoms with E-state index in [1.807, 2.05) is 17.8 Å². The highest BCUT2D eigenvalue weighted by atomic mass is 16.2. The summed E-state index contributed by atoms with van der Waals surface area (Å²) in [6, 6.07) is 8.82. The molecule has 2 N–H and O–H groups in total. The molecular formula is C20H26N4O. The van der Waals surface area contributed by atoms with Crippen molar-refractivity contribution in [2.24, 2.45) is 5.92 Å². The zero-order valence-corrected chi connectivity index (χ0v) is 14.8. The van der Waals surface area contributed by atoms with Crippen molar-refractivity contribution in [2.75, 3.05) is 18.4 Å². The Kier molecular flexibility index (Phi) is 4.57. The summed E-state index contributed by atoms with van der Waals surface area (Å²) in [7, 11) is 0. The molecule has 25 heavy (non-hydrogen) atoms. The number of nitrogens with zero attached hydrogens (tertiary/aromatic N) is 2. The molecule has 2 aliphatic rings. The van der Waals surface area contributed by atoms with Crippen LogP contribution in [0.2, 0.25) is 0 Å². The molecule has 0 unspecified atom stereocenters. The minimum atomic E-state index is 0.0511. The number of hydrogen-bond donors (Lipinski definition) is 2. The van der Waals surface area contributed by atoms with E-state index in [4.69, 9.17) is 0 Å². The molecule has 1 aliphatic heterocycles. The Morgan fingerprint density at radius 2 is 2.16 bits per heavy atom. The van der Waals surface area contributed by atoms with Crippen molar-refractivity contribution >= 4 is 11.7 Å². The molecule has 1 aromatic heterocycles. The van der Waals surface area contributed by atoms with Crippen molar-refractivity contribution < 1.29 is 4.79 Å². The molecular weight excluding hydrogens is 312 g/mol. The number of carbonyl (C=O) groups excluding carboxylic acids is 1. The van der Waals surface area contributed by atoms with Crippen LogP contribution in [0, 0.1) is 12.8 Å². The fourth-order valence-electron chi connectivity index (χ4n) is 4.12. The fraction of sp³-hybridized carbons (Fsp3) is 0.500. The predicted molar refractivity (Wildman–Crippen MR) is 98.7 cm³/mol. The summed E-state index contributed by atoms with van der Waals surface area (Å²) in [5.74, 6) is 1.02. The molecule has 1 amide bonds. The number of rotatable bonds is 3. The lowest BCUT2D eigenvalue weighted by Gasteiger charge is -2.28. The van der Waals surface area contributed by atoms with Crippen LogP contribution in [0.3, 0.4) is 0 Å². The number of benzene rings is 1. The van der Waals surface area contributed by atoms with Gasteiger partial charge in [0, 0.05) is 12.1 Å². The maximum Gasteiger partial charge on any atom is 0.229 e. The van der Waals surface area contributed by atoms with Crippen molar-refractivity contribution in [3.63, 3.8) is 0 Å². The number of fused-ring (bicyclic) bond motifs is 1. The third-order valence-corrected chi connectivity index (χ3v) is 5.52. The minimum absolute atomic E-state index is 0.0511. The van der Waals surface area contributed by atoms with E-state index in [1.54, 1.807) is 0 Å².